The molecule has 1 N–H and O–H groups in total. The summed E-state index contributed by atoms with van der Waals surface area (Å²) in [6.45, 7) is 5.90. The number of nitrogens with one attached hydrogen (secondary N) is 1. The number of amides is 1. The van der Waals surface area contributed by atoms with Gasteiger partial charge in [-0.25, -0.2) is 4.39 Å². The van der Waals surface area contributed by atoms with Gasteiger partial charge in [-0.15, -0.1) is 0 Å². The van der Waals surface area contributed by atoms with Crippen molar-refractivity contribution in [2.24, 2.45) is 0 Å². The van der Waals surface area contributed by atoms with E-state index in [4.69, 9.17) is 0 Å². The fraction of sp³-hybridized carbons (Fsp3) is 0.526. The van der Waals surface area contributed by atoms with Gasteiger partial charge in [0.05, 0.1) is 6.42 Å². The van der Waals surface area contributed by atoms with Crippen molar-refractivity contribution in [3.63, 3.8) is 0 Å². The Morgan fingerprint density at radius 2 is 2.04 bits per heavy atom. The quantitative estimate of drug-likeness (QED) is 0.914. The second-order valence-corrected chi connectivity index (χ2v) is 6.81. The van der Waals surface area contributed by atoms with E-state index in [0.29, 0.717) is 6.42 Å². The number of fused-ring (bicyclic) bond motifs is 1. The monoisotopic (exact) mass is 331 g/mol. The van der Waals surface area contributed by atoms with Gasteiger partial charge in [0, 0.05) is 36.7 Å². The molecule has 3 rings (SSSR count). The number of H-pyrrole nitrogens is 1. The lowest BCUT2D eigenvalue weighted by Crippen LogP contribution is -2.39. The van der Waals surface area contributed by atoms with Gasteiger partial charge in [-0.3, -0.25) is 4.79 Å². The predicted molar refractivity (Wildman–Crippen MR) is 94.6 cm³/mol. The molecule has 2 aromatic rings. The molecule has 1 fully saturated rings. The zero-order chi connectivity index (χ0) is 17.1. The van der Waals surface area contributed by atoms with Crippen molar-refractivity contribution >= 4 is 16.8 Å². The number of aromatic amines is 1. The Kier molecular flexibility index (Phi) is 5.19. The van der Waals surface area contributed by atoms with Gasteiger partial charge >= 0.3 is 0 Å². The number of rotatable bonds is 5. The van der Waals surface area contributed by atoms with Crippen LogP contribution in [0.1, 0.15) is 30.5 Å². The molecule has 1 aliphatic heterocycles. The first-order chi connectivity index (χ1) is 11.5. The van der Waals surface area contributed by atoms with Gasteiger partial charge < -0.3 is 14.8 Å². The fourth-order valence-electron chi connectivity index (χ4n) is 3.47. The first-order valence-corrected chi connectivity index (χ1v) is 8.77. The summed E-state index contributed by atoms with van der Waals surface area (Å²) in [5.74, 6) is -0.186. The van der Waals surface area contributed by atoms with Crippen molar-refractivity contribution in [1.29, 1.82) is 0 Å². The number of nitrogens with zero attached hydrogens (tertiary/aromatic N) is 2. The number of likely N-dealkylation sites (tertiary alicyclic amines) is 1. The molecule has 24 heavy (non-hydrogen) atoms. The molecule has 5 heteroatoms. The third-order valence-corrected chi connectivity index (χ3v) is 5.04. The summed E-state index contributed by atoms with van der Waals surface area (Å²) >= 11 is 0. The van der Waals surface area contributed by atoms with Crippen LogP contribution < -0.4 is 0 Å². The standard InChI is InChI=1S/C19H26FN3O/c1-14-16(17-12-15(20)6-7-18(17)21-14)13-19(24)22(2)10-11-23-8-4-3-5-9-23/h6-7,12,21H,3-5,8-11,13H2,1-2H3. The third kappa shape index (κ3) is 3.78. The summed E-state index contributed by atoms with van der Waals surface area (Å²) in [4.78, 5) is 20.0. The molecule has 1 aliphatic rings. The lowest BCUT2D eigenvalue weighted by Gasteiger charge is -2.28. The van der Waals surface area contributed by atoms with Gasteiger partial charge in [0.15, 0.2) is 0 Å². The van der Waals surface area contributed by atoms with Crippen molar-refractivity contribution < 1.29 is 9.18 Å². The maximum atomic E-state index is 13.5. The molecule has 1 saturated heterocycles. The van der Waals surface area contributed by atoms with Crippen LogP contribution in [0.15, 0.2) is 18.2 Å². The average Bonchev–Trinajstić information content (AvgIpc) is 2.89. The molecule has 4 nitrogen and oxygen atoms in total. The number of likely N-dealkylation sites (N-methyl/N-ethyl adjacent to an activating group) is 1. The fourth-order valence-corrected chi connectivity index (χ4v) is 3.47. The van der Waals surface area contributed by atoms with Crippen LogP contribution in [0.5, 0.6) is 0 Å². The Labute approximate surface area is 142 Å². The number of piperidine rings is 1. The summed E-state index contributed by atoms with van der Waals surface area (Å²) in [7, 11) is 1.86. The highest BCUT2D eigenvalue weighted by molar-refractivity contribution is 5.90. The Bertz CT molecular complexity index is 719. The van der Waals surface area contributed by atoms with Crippen LogP contribution >= 0.6 is 0 Å². The van der Waals surface area contributed by atoms with Crippen LogP contribution in [0, 0.1) is 12.7 Å². The zero-order valence-corrected chi connectivity index (χ0v) is 14.6. The number of aromatic nitrogens is 1. The number of hydrogen-bond acceptors (Lipinski definition) is 2. The minimum absolute atomic E-state index is 0.0836. The molecule has 130 valence electrons. The van der Waals surface area contributed by atoms with Crippen molar-refractivity contribution in [2.75, 3.05) is 33.2 Å². The van der Waals surface area contributed by atoms with Crippen molar-refractivity contribution in [3.05, 3.63) is 35.3 Å². The molecule has 0 radical (unpaired) electrons. The third-order valence-electron chi connectivity index (χ3n) is 5.04. The van der Waals surface area contributed by atoms with Crippen LogP contribution in [-0.4, -0.2) is 53.9 Å². The Morgan fingerprint density at radius 3 is 2.79 bits per heavy atom. The lowest BCUT2D eigenvalue weighted by atomic mass is 10.1. The molecule has 0 saturated carbocycles. The predicted octanol–water partition coefficient (Wildman–Crippen LogP) is 3.10. The highest BCUT2D eigenvalue weighted by atomic mass is 19.1. The summed E-state index contributed by atoms with van der Waals surface area (Å²) in [6, 6.07) is 4.68. The highest BCUT2D eigenvalue weighted by Crippen LogP contribution is 2.24. The van der Waals surface area contributed by atoms with Crippen LogP contribution in [-0.2, 0) is 11.2 Å². The number of carbonyl (C=O) groups is 1. The second-order valence-electron chi connectivity index (χ2n) is 6.81. The molecule has 1 aromatic carbocycles. The molecular formula is C19H26FN3O. The molecule has 1 aromatic heterocycles. The van der Waals surface area contributed by atoms with E-state index in [-0.39, 0.29) is 11.7 Å². The Morgan fingerprint density at radius 1 is 1.29 bits per heavy atom. The maximum absolute atomic E-state index is 13.5. The van der Waals surface area contributed by atoms with Gasteiger partial charge in [0.25, 0.3) is 0 Å². The molecule has 1 amide bonds. The molecule has 0 aliphatic carbocycles. The lowest BCUT2D eigenvalue weighted by molar-refractivity contribution is -0.129. The van der Waals surface area contributed by atoms with Crippen LogP contribution in [0.3, 0.4) is 0 Å². The Balaban J connectivity index is 1.63. The number of aryl methyl sites for hydroxylation is 1. The average molecular weight is 331 g/mol. The van der Waals surface area contributed by atoms with Crippen LogP contribution in [0.25, 0.3) is 10.9 Å². The van der Waals surface area contributed by atoms with E-state index in [9.17, 15) is 9.18 Å². The molecule has 0 bridgehead atoms. The largest absolute Gasteiger partial charge is 0.358 e. The minimum Gasteiger partial charge on any atom is -0.358 e. The summed E-state index contributed by atoms with van der Waals surface area (Å²) in [5.41, 5.74) is 2.72. The van der Waals surface area contributed by atoms with E-state index in [1.54, 1.807) is 11.0 Å². The molecule has 2 heterocycles. The number of hydrogen-bond donors (Lipinski definition) is 1. The first-order valence-electron chi connectivity index (χ1n) is 8.77. The molecule has 0 unspecified atom stereocenters. The number of benzene rings is 1. The molecule has 0 spiro atoms. The van der Waals surface area contributed by atoms with Gasteiger partial charge in [-0.05, 0) is 56.6 Å². The SMILES string of the molecule is Cc1[nH]c2ccc(F)cc2c1CC(=O)N(C)CCN1CCCCC1. The minimum atomic E-state index is -0.270. The smallest absolute Gasteiger partial charge is 0.226 e. The van der Waals surface area contributed by atoms with Gasteiger partial charge in [0.1, 0.15) is 5.82 Å². The highest BCUT2D eigenvalue weighted by Gasteiger charge is 2.17. The summed E-state index contributed by atoms with van der Waals surface area (Å²) in [6.07, 6.45) is 4.16. The topological polar surface area (TPSA) is 39.3 Å². The number of carbonyl (C=O) groups excluding carboxylic acids is 1. The normalized spacial score (nSPS) is 15.8. The summed E-state index contributed by atoms with van der Waals surface area (Å²) < 4.78 is 13.5. The van der Waals surface area contributed by atoms with E-state index < -0.39 is 0 Å². The van der Waals surface area contributed by atoms with Crippen molar-refractivity contribution in [3.8, 4) is 0 Å². The molecular weight excluding hydrogens is 305 g/mol. The Hall–Kier alpha value is -1.88. The van der Waals surface area contributed by atoms with E-state index in [2.05, 4.69) is 9.88 Å². The van der Waals surface area contributed by atoms with E-state index in [1.807, 2.05) is 14.0 Å². The van der Waals surface area contributed by atoms with Crippen molar-refractivity contribution in [1.82, 2.24) is 14.8 Å². The van der Waals surface area contributed by atoms with Crippen LogP contribution in [0.2, 0.25) is 0 Å². The maximum Gasteiger partial charge on any atom is 0.226 e. The van der Waals surface area contributed by atoms with Gasteiger partial charge in [0.2, 0.25) is 5.91 Å². The number of halogens is 1. The van der Waals surface area contributed by atoms with E-state index in [1.165, 1.54) is 31.4 Å². The van der Waals surface area contributed by atoms with Gasteiger partial charge in [-0.1, -0.05) is 6.42 Å². The zero-order valence-electron chi connectivity index (χ0n) is 14.6. The van der Waals surface area contributed by atoms with Crippen molar-refractivity contribution in [2.45, 2.75) is 32.6 Å². The van der Waals surface area contributed by atoms with E-state index >= 15 is 0 Å². The first kappa shape index (κ1) is 17.0. The second kappa shape index (κ2) is 7.34. The van der Waals surface area contributed by atoms with E-state index in [0.717, 1.165) is 48.3 Å². The molecule has 0 atom stereocenters. The summed E-state index contributed by atoms with van der Waals surface area (Å²) in [5, 5.41) is 0.810. The van der Waals surface area contributed by atoms with Gasteiger partial charge in [-0.2, -0.15) is 0 Å². The van der Waals surface area contributed by atoms with Crippen LogP contribution in [0.4, 0.5) is 4.39 Å².